The van der Waals surface area contributed by atoms with E-state index in [2.05, 4.69) is 4.98 Å². The van der Waals surface area contributed by atoms with Gasteiger partial charge >= 0.3 is 5.97 Å². The van der Waals surface area contributed by atoms with Gasteiger partial charge in [0.25, 0.3) is 5.91 Å². The topological polar surface area (TPSA) is 73.4 Å². The first kappa shape index (κ1) is 14.6. The fourth-order valence-corrected chi connectivity index (χ4v) is 3.23. The maximum atomic E-state index is 12.7. The summed E-state index contributed by atoms with van der Waals surface area (Å²) < 4.78 is 0. The highest BCUT2D eigenvalue weighted by molar-refractivity contribution is 6.03. The Labute approximate surface area is 128 Å². The summed E-state index contributed by atoms with van der Waals surface area (Å²) >= 11 is 0. The number of benzene rings is 1. The average molecular weight is 300 g/mol. The normalized spacial score (nSPS) is 15.9. The fraction of sp³-hybridized carbons (Fsp3) is 0.412. The smallest absolute Gasteiger partial charge is 0.326 e. The molecule has 116 valence electrons. The number of carbonyl (C=O) groups excluding carboxylic acids is 1. The van der Waals surface area contributed by atoms with E-state index in [1.54, 1.807) is 0 Å². The van der Waals surface area contributed by atoms with Gasteiger partial charge in [0.15, 0.2) is 0 Å². The number of rotatable bonds is 5. The zero-order valence-corrected chi connectivity index (χ0v) is 12.6. The molecule has 22 heavy (non-hydrogen) atoms. The summed E-state index contributed by atoms with van der Waals surface area (Å²) in [6.07, 6.45) is 2.93. The molecule has 1 unspecified atom stereocenters. The number of fused-ring (bicyclic) bond motifs is 3. The van der Waals surface area contributed by atoms with Gasteiger partial charge in [-0.05, 0) is 24.5 Å². The van der Waals surface area contributed by atoms with Gasteiger partial charge in [-0.15, -0.1) is 0 Å². The Morgan fingerprint density at radius 1 is 1.41 bits per heavy atom. The van der Waals surface area contributed by atoms with Crippen molar-refractivity contribution < 1.29 is 14.7 Å². The van der Waals surface area contributed by atoms with Gasteiger partial charge in [0.1, 0.15) is 11.7 Å². The molecular weight excluding hydrogens is 280 g/mol. The van der Waals surface area contributed by atoms with Gasteiger partial charge in [-0.25, -0.2) is 4.79 Å². The van der Waals surface area contributed by atoms with Crippen LogP contribution in [0.3, 0.4) is 0 Å². The first-order valence-electron chi connectivity index (χ1n) is 7.76. The van der Waals surface area contributed by atoms with Crippen molar-refractivity contribution in [1.82, 2.24) is 9.88 Å². The van der Waals surface area contributed by atoms with Crippen LogP contribution in [0.2, 0.25) is 0 Å². The Hall–Kier alpha value is -2.30. The summed E-state index contributed by atoms with van der Waals surface area (Å²) in [5, 5.41) is 10.5. The predicted octanol–water partition coefficient (Wildman–Crippen LogP) is 2.81. The molecule has 0 bridgehead atoms. The molecular formula is C17H20N2O3. The Morgan fingerprint density at radius 2 is 2.18 bits per heavy atom. The zero-order chi connectivity index (χ0) is 15.7. The van der Waals surface area contributed by atoms with Crippen LogP contribution in [0.1, 0.15) is 42.2 Å². The Kier molecular flexibility index (Phi) is 3.88. The van der Waals surface area contributed by atoms with E-state index in [1.807, 2.05) is 31.2 Å². The Balaban J connectivity index is 1.94. The van der Waals surface area contributed by atoms with Crippen LogP contribution in [0.15, 0.2) is 24.3 Å². The number of nitrogens with zero attached hydrogens (tertiary/aromatic N) is 1. The lowest BCUT2D eigenvalue weighted by Gasteiger charge is -2.32. The maximum Gasteiger partial charge on any atom is 0.326 e. The summed E-state index contributed by atoms with van der Waals surface area (Å²) in [5.41, 5.74) is 2.50. The lowest BCUT2D eigenvalue weighted by Crippen LogP contribution is -2.48. The number of H-pyrrole nitrogens is 1. The molecule has 0 fully saturated rings. The average Bonchev–Trinajstić information content (AvgIpc) is 2.89. The molecule has 3 rings (SSSR count). The largest absolute Gasteiger partial charge is 0.480 e. The first-order chi connectivity index (χ1) is 10.6. The fourth-order valence-electron chi connectivity index (χ4n) is 3.23. The van der Waals surface area contributed by atoms with Crippen LogP contribution in [0.4, 0.5) is 0 Å². The van der Waals surface area contributed by atoms with Gasteiger partial charge in [0, 0.05) is 17.4 Å². The molecule has 5 nitrogen and oxygen atoms in total. The van der Waals surface area contributed by atoms with Crippen molar-refractivity contribution in [2.24, 2.45) is 0 Å². The summed E-state index contributed by atoms with van der Waals surface area (Å²) in [6, 6.07) is 7.09. The number of para-hydroxylation sites is 1. The number of hydrogen-bond acceptors (Lipinski definition) is 2. The van der Waals surface area contributed by atoms with E-state index >= 15 is 0 Å². The third-order valence-electron chi connectivity index (χ3n) is 4.38. The van der Waals surface area contributed by atoms with Gasteiger partial charge in [0.2, 0.25) is 0 Å². The van der Waals surface area contributed by atoms with Crippen molar-refractivity contribution in [1.29, 1.82) is 0 Å². The summed E-state index contributed by atoms with van der Waals surface area (Å²) in [4.78, 5) is 28.9. The van der Waals surface area contributed by atoms with Crippen LogP contribution in [-0.2, 0) is 11.2 Å². The molecule has 2 aromatic rings. The van der Waals surface area contributed by atoms with E-state index in [0.29, 0.717) is 25.1 Å². The zero-order valence-electron chi connectivity index (χ0n) is 12.6. The first-order valence-corrected chi connectivity index (χ1v) is 7.76. The minimum absolute atomic E-state index is 0.194. The Morgan fingerprint density at radius 3 is 2.91 bits per heavy atom. The number of unbranched alkanes of at least 4 members (excludes halogenated alkanes) is 1. The molecule has 0 saturated carbocycles. The number of carboxylic acid groups (broad SMARTS) is 1. The van der Waals surface area contributed by atoms with Crippen molar-refractivity contribution in [3.8, 4) is 0 Å². The molecule has 1 atom stereocenters. The summed E-state index contributed by atoms with van der Waals surface area (Å²) in [6.45, 7) is 2.49. The van der Waals surface area contributed by atoms with E-state index < -0.39 is 12.0 Å². The lowest BCUT2D eigenvalue weighted by molar-refractivity contribution is -0.142. The summed E-state index contributed by atoms with van der Waals surface area (Å²) in [7, 11) is 0. The minimum Gasteiger partial charge on any atom is -0.480 e. The van der Waals surface area contributed by atoms with Gasteiger partial charge in [-0.1, -0.05) is 38.0 Å². The van der Waals surface area contributed by atoms with E-state index in [1.165, 1.54) is 4.90 Å². The van der Waals surface area contributed by atoms with Crippen molar-refractivity contribution in [3.63, 3.8) is 0 Å². The van der Waals surface area contributed by atoms with E-state index in [9.17, 15) is 14.7 Å². The van der Waals surface area contributed by atoms with Crippen molar-refractivity contribution in [2.45, 2.75) is 38.6 Å². The molecule has 1 aliphatic rings. The molecule has 1 amide bonds. The second-order valence-electron chi connectivity index (χ2n) is 5.77. The maximum absolute atomic E-state index is 12.7. The third-order valence-corrected chi connectivity index (χ3v) is 4.38. The molecule has 1 aromatic carbocycles. The third kappa shape index (κ3) is 2.36. The highest BCUT2D eigenvalue weighted by atomic mass is 16.4. The van der Waals surface area contributed by atoms with E-state index in [-0.39, 0.29) is 5.91 Å². The summed E-state index contributed by atoms with van der Waals surface area (Å²) in [5.74, 6) is -1.11. The van der Waals surface area contributed by atoms with E-state index in [0.717, 1.165) is 29.3 Å². The van der Waals surface area contributed by atoms with Gasteiger partial charge in [-0.2, -0.15) is 0 Å². The number of amides is 1. The van der Waals surface area contributed by atoms with Gasteiger partial charge in [0.05, 0.1) is 0 Å². The van der Waals surface area contributed by atoms with Crippen LogP contribution >= 0.6 is 0 Å². The molecule has 1 aliphatic heterocycles. The second-order valence-corrected chi connectivity index (χ2v) is 5.77. The predicted molar refractivity (Wildman–Crippen MR) is 84.0 cm³/mol. The highest BCUT2D eigenvalue weighted by Gasteiger charge is 2.35. The Bertz CT molecular complexity index is 720. The molecule has 2 heterocycles. The standard InChI is InChI=1S/C17H20N2O3/c1-2-3-8-14(17(21)22)19-10-9-12-11-6-4-5-7-13(11)18-15(12)16(19)20/h4-7,14,18H,2-3,8-10H2,1H3,(H,21,22). The van der Waals surface area contributed by atoms with Crippen LogP contribution in [0.5, 0.6) is 0 Å². The number of aliphatic carboxylic acids is 1. The van der Waals surface area contributed by atoms with Crippen molar-refractivity contribution >= 4 is 22.8 Å². The minimum atomic E-state index is -0.915. The second kappa shape index (κ2) is 5.83. The highest BCUT2D eigenvalue weighted by Crippen LogP contribution is 2.29. The SMILES string of the molecule is CCCCC(C(=O)O)N1CCc2c([nH]c3ccccc23)C1=O. The number of hydrogen-bond donors (Lipinski definition) is 2. The van der Waals surface area contributed by atoms with Crippen LogP contribution < -0.4 is 0 Å². The van der Waals surface area contributed by atoms with Crippen LogP contribution in [-0.4, -0.2) is 39.5 Å². The van der Waals surface area contributed by atoms with Crippen LogP contribution in [0.25, 0.3) is 10.9 Å². The van der Waals surface area contributed by atoms with Crippen molar-refractivity contribution in [3.05, 3.63) is 35.5 Å². The molecule has 0 aliphatic carbocycles. The molecule has 1 aromatic heterocycles. The van der Waals surface area contributed by atoms with Crippen molar-refractivity contribution in [2.75, 3.05) is 6.54 Å². The monoisotopic (exact) mass is 300 g/mol. The van der Waals surface area contributed by atoms with Gasteiger partial charge in [-0.3, -0.25) is 4.79 Å². The number of aromatic amines is 1. The number of aromatic nitrogens is 1. The number of nitrogens with one attached hydrogen (secondary N) is 1. The van der Waals surface area contributed by atoms with Gasteiger partial charge < -0.3 is 15.0 Å². The van der Waals surface area contributed by atoms with E-state index in [4.69, 9.17) is 0 Å². The molecule has 0 radical (unpaired) electrons. The lowest BCUT2D eigenvalue weighted by atomic mass is 9.99. The van der Waals surface area contributed by atoms with Crippen LogP contribution in [0, 0.1) is 0 Å². The molecule has 0 saturated heterocycles. The quantitative estimate of drug-likeness (QED) is 0.891. The molecule has 2 N–H and O–H groups in total. The molecule has 5 heteroatoms. The molecule has 0 spiro atoms. The number of carboxylic acids is 1. The number of carbonyl (C=O) groups is 2.